The summed E-state index contributed by atoms with van der Waals surface area (Å²) in [7, 11) is 0. The zero-order valence-corrected chi connectivity index (χ0v) is 26.8. The molecule has 8 rings (SSSR count). The van der Waals surface area contributed by atoms with Gasteiger partial charge < -0.3 is 10.1 Å². The normalized spacial score (nSPS) is 20.3. The first-order chi connectivity index (χ1) is 22.6. The van der Waals surface area contributed by atoms with Crippen LogP contribution < -0.4 is 10.6 Å². The number of hydrogen-bond acceptors (Lipinski definition) is 9. The molecule has 0 atom stereocenters. The van der Waals surface area contributed by atoms with Crippen LogP contribution in [0.4, 0.5) is 0 Å². The van der Waals surface area contributed by atoms with Crippen molar-refractivity contribution in [1.82, 2.24) is 30.4 Å². The van der Waals surface area contributed by atoms with Crippen LogP contribution >= 0.6 is 0 Å². The molecule has 4 fully saturated rings. The molecule has 4 saturated heterocycles. The van der Waals surface area contributed by atoms with Crippen molar-refractivity contribution in [2.75, 3.05) is 52.4 Å². The lowest BCUT2D eigenvalue weighted by Crippen LogP contribution is -2.50. The third kappa shape index (κ3) is 8.60. The summed E-state index contributed by atoms with van der Waals surface area (Å²) >= 11 is 0. The number of likely N-dealkylation sites (tertiary alicyclic amines) is 2. The van der Waals surface area contributed by atoms with Gasteiger partial charge in [-0.2, -0.15) is 0 Å². The van der Waals surface area contributed by atoms with Gasteiger partial charge in [-0.3, -0.25) is 34.7 Å². The largest absolute Gasteiger partial charge is 0.359 e. The predicted octanol–water partition coefficient (Wildman–Crippen LogP) is 4.49. The van der Waals surface area contributed by atoms with E-state index in [1.807, 2.05) is 24.5 Å². The molecule has 9 heteroatoms. The van der Waals surface area contributed by atoms with Gasteiger partial charge in [0.2, 0.25) is 0 Å². The Bertz CT molecular complexity index is 1580. The van der Waals surface area contributed by atoms with Crippen LogP contribution in [0.1, 0.15) is 49.7 Å². The molecule has 2 aromatic carbocycles. The lowest BCUT2D eigenvalue weighted by molar-refractivity contribution is -0.121. The fraction of sp³-hybridized carbons (Fsp3) is 0.459. The first-order valence-corrected chi connectivity index (χ1v) is 16.8. The number of carbonyl (C=O) groups is 2. The van der Waals surface area contributed by atoms with Crippen LogP contribution in [0.25, 0.3) is 21.8 Å². The van der Waals surface area contributed by atoms with E-state index in [0.717, 1.165) is 102 Å². The Kier molecular flexibility index (Phi) is 11.1. The van der Waals surface area contributed by atoms with Gasteiger partial charge in [-0.25, -0.2) is 0 Å². The summed E-state index contributed by atoms with van der Waals surface area (Å²) in [5, 5.41) is 9.03. The molecule has 1 spiro atoms. The number of carbonyl (C=O) groups excluding carboxylic acids is 2. The second kappa shape index (κ2) is 15.8. The van der Waals surface area contributed by atoms with Crippen LogP contribution in [0.3, 0.4) is 0 Å². The number of aromatic nitrogens is 2. The molecule has 0 bridgehead atoms. The highest BCUT2D eigenvalue weighted by atomic mass is 16.5. The van der Waals surface area contributed by atoms with Crippen molar-refractivity contribution in [2.24, 2.45) is 0 Å². The number of para-hydroxylation sites is 2. The number of nitrogens with one attached hydrogen (secondary N) is 2. The van der Waals surface area contributed by atoms with E-state index < -0.39 is 0 Å². The molecule has 0 radical (unpaired) electrons. The van der Waals surface area contributed by atoms with Crippen LogP contribution in [0.2, 0.25) is 0 Å². The average Bonchev–Trinajstić information content (AvgIpc) is 3.56. The fourth-order valence-electron chi connectivity index (χ4n) is 6.71. The molecular weight excluding hydrogens is 576 g/mol. The fourth-order valence-corrected chi connectivity index (χ4v) is 6.71. The maximum Gasteiger partial charge on any atom is 0.135 e. The number of Topliss-reactive ketones (excluding diaryl/α,β-unsaturated/α-hetero) is 2. The first-order valence-electron chi connectivity index (χ1n) is 16.8. The SMILES string of the molecule is O=C1CCN(Cc2cccc3cccnc23)CC1.O=C1CCNCC1.c1cnc2c(CN3CCC4(CC3)NCCO4)cccc2c1. The van der Waals surface area contributed by atoms with Gasteiger partial charge in [-0.15, -0.1) is 0 Å². The van der Waals surface area contributed by atoms with Crippen molar-refractivity contribution in [2.45, 2.75) is 57.3 Å². The molecule has 242 valence electrons. The van der Waals surface area contributed by atoms with Crippen LogP contribution in [-0.4, -0.2) is 89.5 Å². The van der Waals surface area contributed by atoms with E-state index in [0.29, 0.717) is 24.4 Å². The van der Waals surface area contributed by atoms with Gasteiger partial charge in [-0.05, 0) is 23.3 Å². The molecule has 4 aliphatic heterocycles. The average molecular weight is 623 g/mol. The number of piperidine rings is 3. The van der Waals surface area contributed by atoms with Crippen LogP contribution in [0.15, 0.2) is 73.1 Å². The van der Waals surface area contributed by atoms with Gasteiger partial charge in [0.1, 0.15) is 17.3 Å². The first kappa shape index (κ1) is 32.3. The second-order valence-corrected chi connectivity index (χ2v) is 12.6. The molecule has 4 aromatic rings. The summed E-state index contributed by atoms with van der Waals surface area (Å²) in [4.78, 5) is 35.5. The number of ether oxygens (including phenoxy) is 1. The molecule has 4 aliphatic rings. The monoisotopic (exact) mass is 622 g/mol. The van der Waals surface area contributed by atoms with Crippen molar-refractivity contribution in [1.29, 1.82) is 0 Å². The predicted molar refractivity (Wildman–Crippen MR) is 181 cm³/mol. The molecule has 0 saturated carbocycles. The van der Waals surface area contributed by atoms with E-state index in [1.54, 1.807) is 0 Å². The topological polar surface area (TPSA) is 99.7 Å². The molecule has 0 amide bonds. The van der Waals surface area contributed by atoms with E-state index >= 15 is 0 Å². The van der Waals surface area contributed by atoms with E-state index in [2.05, 4.69) is 78.9 Å². The highest BCUT2D eigenvalue weighted by molar-refractivity contribution is 5.82. The summed E-state index contributed by atoms with van der Waals surface area (Å²) in [6, 6.07) is 20.9. The summed E-state index contributed by atoms with van der Waals surface area (Å²) in [6.07, 6.45) is 8.73. The maximum absolute atomic E-state index is 11.2. The Balaban J connectivity index is 0.000000135. The number of benzene rings is 2. The van der Waals surface area contributed by atoms with Gasteiger partial charge in [0.15, 0.2) is 0 Å². The molecular formula is C37H46N6O3. The van der Waals surface area contributed by atoms with Crippen molar-refractivity contribution < 1.29 is 14.3 Å². The highest BCUT2D eigenvalue weighted by Gasteiger charge is 2.38. The molecule has 0 aliphatic carbocycles. The Morgan fingerprint density at radius 3 is 1.67 bits per heavy atom. The Morgan fingerprint density at radius 1 is 0.652 bits per heavy atom. The number of pyridine rings is 2. The third-order valence-corrected chi connectivity index (χ3v) is 9.39. The van der Waals surface area contributed by atoms with E-state index in [1.165, 1.54) is 21.9 Å². The van der Waals surface area contributed by atoms with Crippen LogP contribution in [0, 0.1) is 0 Å². The third-order valence-electron chi connectivity index (χ3n) is 9.39. The molecule has 0 unspecified atom stereocenters. The van der Waals surface area contributed by atoms with E-state index in [-0.39, 0.29) is 5.72 Å². The van der Waals surface area contributed by atoms with Crippen molar-refractivity contribution in [3.8, 4) is 0 Å². The quantitative estimate of drug-likeness (QED) is 0.341. The number of hydrogen-bond donors (Lipinski definition) is 2. The smallest absolute Gasteiger partial charge is 0.135 e. The number of fused-ring (bicyclic) bond motifs is 2. The van der Waals surface area contributed by atoms with Crippen molar-refractivity contribution >= 4 is 33.4 Å². The van der Waals surface area contributed by atoms with Gasteiger partial charge in [-0.1, -0.05) is 48.5 Å². The minimum absolute atomic E-state index is 0.0342. The molecule has 46 heavy (non-hydrogen) atoms. The summed E-state index contributed by atoms with van der Waals surface area (Å²) in [5.41, 5.74) is 4.76. The van der Waals surface area contributed by atoms with Crippen molar-refractivity contribution in [3.05, 3.63) is 84.2 Å². The Morgan fingerprint density at radius 2 is 1.17 bits per heavy atom. The van der Waals surface area contributed by atoms with E-state index in [9.17, 15) is 9.59 Å². The van der Waals surface area contributed by atoms with Crippen LogP contribution in [0.5, 0.6) is 0 Å². The minimum Gasteiger partial charge on any atom is -0.359 e. The minimum atomic E-state index is -0.0342. The summed E-state index contributed by atoms with van der Waals surface area (Å²) in [6.45, 7) is 9.40. The molecule has 2 aromatic heterocycles. The summed E-state index contributed by atoms with van der Waals surface area (Å²) < 4.78 is 5.90. The number of ketones is 2. The molecule has 2 N–H and O–H groups in total. The van der Waals surface area contributed by atoms with Gasteiger partial charge in [0.05, 0.1) is 17.6 Å². The van der Waals surface area contributed by atoms with Crippen molar-refractivity contribution in [3.63, 3.8) is 0 Å². The maximum atomic E-state index is 11.2. The molecule has 6 heterocycles. The van der Waals surface area contributed by atoms with Crippen LogP contribution in [-0.2, 0) is 27.4 Å². The lowest BCUT2D eigenvalue weighted by atomic mass is 10.00. The summed E-state index contributed by atoms with van der Waals surface area (Å²) in [5.74, 6) is 0.793. The van der Waals surface area contributed by atoms with Gasteiger partial charge in [0.25, 0.3) is 0 Å². The molecule has 9 nitrogen and oxygen atoms in total. The number of rotatable bonds is 4. The lowest BCUT2D eigenvalue weighted by Gasteiger charge is -2.38. The zero-order chi connectivity index (χ0) is 31.6. The Labute approximate surface area is 271 Å². The van der Waals surface area contributed by atoms with E-state index in [4.69, 9.17) is 4.74 Å². The Hall–Kier alpha value is -3.60. The second-order valence-electron chi connectivity index (χ2n) is 12.6. The highest BCUT2D eigenvalue weighted by Crippen LogP contribution is 2.28. The number of nitrogens with zero attached hydrogens (tertiary/aromatic N) is 4. The standard InChI is InChI=1S/C17H21N3O.C15H16N2O.C5H9NO/c1-3-14-5-2-8-18-16(14)15(4-1)13-20-10-6-17(7-11-20)19-9-12-21-17;18-14-6-9-17(10-7-14)11-13-4-1-3-12-5-2-8-16-15(12)13;7-5-1-3-6-4-2-5/h1-5,8,19H,6-7,9-13H2;1-5,8H,6-7,9-11H2;6H,1-4H2. The zero-order valence-electron chi connectivity index (χ0n) is 26.8. The van der Waals surface area contributed by atoms with Gasteiger partial charge in [0, 0.05) is 121 Å². The van der Waals surface area contributed by atoms with Gasteiger partial charge >= 0.3 is 0 Å².